The maximum Gasteiger partial charge on any atom is -0.00898 e. The second-order valence-corrected chi connectivity index (χ2v) is 12.5. The first-order valence-electron chi connectivity index (χ1n) is 12.9. The van der Waals surface area contributed by atoms with Gasteiger partial charge >= 0.3 is 0 Å². The van der Waals surface area contributed by atoms with Crippen LogP contribution in [0.2, 0.25) is 0 Å². The van der Waals surface area contributed by atoms with Gasteiger partial charge in [0.25, 0.3) is 0 Å². The molecule has 4 aliphatic rings. The van der Waals surface area contributed by atoms with Crippen molar-refractivity contribution in [3.63, 3.8) is 0 Å². The van der Waals surface area contributed by atoms with Crippen molar-refractivity contribution < 1.29 is 0 Å². The first kappa shape index (κ1) is 21.0. The molecule has 4 fully saturated rings. The van der Waals surface area contributed by atoms with Crippen LogP contribution in [0.4, 0.5) is 0 Å². The van der Waals surface area contributed by atoms with Crippen LogP contribution in [0.15, 0.2) is 12.7 Å². The molecule has 28 heavy (non-hydrogen) atoms. The van der Waals surface area contributed by atoms with Gasteiger partial charge in [-0.1, -0.05) is 66.4 Å². The minimum atomic E-state index is 0.493. The second kappa shape index (κ2) is 7.77. The quantitative estimate of drug-likeness (QED) is 0.418. The van der Waals surface area contributed by atoms with Gasteiger partial charge in [-0.2, -0.15) is 0 Å². The summed E-state index contributed by atoms with van der Waals surface area (Å²) in [6.07, 6.45) is 18.7. The van der Waals surface area contributed by atoms with Crippen LogP contribution in [-0.4, -0.2) is 0 Å². The fourth-order valence-corrected chi connectivity index (χ4v) is 8.51. The van der Waals surface area contributed by atoms with Crippen LogP contribution in [0.5, 0.6) is 0 Å². The molecule has 4 aliphatic carbocycles. The van der Waals surface area contributed by atoms with E-state index in [2.05, 4.69) is 47.3 Å². The van der Waals surface area contributed by atoms with E-state index >= 15 is 0 Å². The SMILES string of the molecule is C=CC12CCCC3CC3CCCC(C)(C(C)C)C3CC(C(C)CC3C)C1CC2. The summed E-state index contributed by atoms with van der Waals surface area (Å²) in [5.74, 6) is 7.58. The molecule has 0 spiro atoms. The van der Waals surface area contributed by atoms with Crippen LogP contribution in [0, 0.1) is 58.2 Å². The molecule has 0 amide bonds. The van der Waals surface area contributed by atoms with Crippen molar-refractivity contribution in [3.05, 3.63) is 12.7 Å². The van der Waals surface area contributed by atoms with E-state index in [1.54, 1.807) is 6.42 Å². The van der Waals surface area contributed by atoms with Gasteiger partial charge in [-0.15, -0.1) is 6.58 Å². The zero-order valence-electron chi connectivity index (χ0n) is 19.7. The van der Waals surface area contributed by atoms with Crippen LogP contribution in [0.3, 0.4) is 0 Å². The Morgan fingerprint density at radius 1 is 0.821 bits per heavy atom. The summed E-state index contributed by atoms with van der Waals surface area (Å²) >= 11 is 0. The number of fused-ring (bicyclic) bond motifs is 5. The molecule has 9 atom stereocenters. The smallest absolute Gasteiger partial charge is 0.00898 e. The lowest BCUT2D eigenvalue weighted by Crippen LogP contribution is -2.50. The molecule has 4 saturated carbocycles. The average Bonchev–Trinajstić information content (AvgIpc) is 3.37. The fraction of sp³-hybridized carbons (Fsp3) is 0.929. The molecule has 0 heteroatoms. The first-order valence-corrected chi connectivity index (χ1v) is 12.9. The molecule has 160 valence electrons. The van der Waals surface area contributed by atoms with Crippen molar-refractivity contribution in [1.29, 1.82) is 0 Å². The highest BCUT2D eigenvalue weighted by molar-refractivity contribution is 5.10. The molecule has 0 nitrogen and oxygen atoms in total. The Balaban J connectivity index is 1.62. The largest absolute Gasteiger partial charge is 0.103 e. The Morgan fingerprint density at radius 3 is 2.07 bits per heavy atom. The van der Waals surface area contributed by atoms with Crippen LogP contribution in [-0.2, 0) is 0 Å². The molecule has 0 aromatic carbocycles. The normalized spacial score (nSPS) is 52.0. The summed E-state index contributed by atoms with van der Waals surface area (Å²) in [7, 11) is 0. The monoisotopic (exact) mass is 384 g/mol. The van der Waals surface area contributed by atoms with Gasteiger partial charge in [0.15, 0.2) is 0 Å². The third-order valence-corrected chi connectivity index (χ3v) is 11.0. The van der Waals surface area contributed by atoms with E-state index in [1.165, 1.54) is 64.2 Å². The van der Waals surface area contributed by atoms with Gasteiger partial charge in [0.2, 0.25) is 0 Å². The van der Waals surface area contributed by atoms with Gasteiger partial charge in [-0.05, 0) is 103 Å². The van der Waals surface area contributed by atoms with E-state index in [0.29, 0.717) is 10.8 Å². The zero-order chi connectivity index (χ0) is 20.1. The molecular formula is C28H48. The summed E-state index contributed by atoms with van der Waals surface area (Å²) in [6.45, 7) is 17.3. The summed E-state index contributed by atoms with van der Waals surface area (Å²) in [5.41, 5.74) is 1.03. The lowest BCUT2D eigenvalue weighted by molar-refractivity contribution is -0.0730. The lowest BCUT2D eigenvalue weighted by atomic mass is 9.47. The van der Waals surface area contributed by atoms with E-state index in [-0.39, 0.29) is 0 Å². The van der Waals surface area contributed by atoms with E-state index in [0.717, 1.165) is 47.3 Å². The molecular weight excluding hydrogens is 336 g/mol. The van der Waals surface area contributed by atoms with Crippen LogP contribution < -0.4 is 0 Å². The number of hydrogen-bond donors (Lipinski definition) is 0. The number of allylic oxidation sites excluding steroid dienone is 1. The first-order chi connectivity index (χ1) is 13.3. The molecule has 0 aromatic rings. The highest BCUT2D eigenvalue weighted by Crippen LogP contribution is 2.62. The van der Waals surface area contributed by atoms with E-state index in [9.17, 15) is 0 Å². The van der Waals surface area contributed by atoms with E-state index in [4.69, 9.17) is 0 Å². The summed E-state index contributed by atoms with van der Waals surface area (Å²) < 4.78 is 0. The predicted octanol–water partition coefficient (Wildman–Crippen LogP) is 8.52. The molecule has 0 aliphatic heterocycles. The van der Waals surface area contributed by atoms with Gasteiger partial charge < -0.3 is 0 Å². The minimum Gasteiger partial charge on any atom is -0.103 e. The third kappa shape index (κ3) is 3.54. The Morgan fingerprint density at radius 2 is 1.50 bits per heavy atom. The van der Waals surface area contributed by atoms with Crippen molar-refractivity contribution >= 4 is 0 Å². The third-order valence-electron chi connectivity index (χ3n) is 11.0. The van der Waals surface area contributed by atoms with Crippen LogP contribution in [0.25, 0.3) is 0 Å². The average molecular weight is 385 g/mol. The lowest BCUT2D eigenvalue weighted by Gasteiger charge is -2.58. The van der Waals surface area contributed by atoms with Crippen molar-refractivity contribution in [2.45, 2.75) is 105 Å². The summed E-state index contributed by atoms with van der Waals surface area (Å²) in [5, 5.41) is 0. The number of rotatable bonds is 2. The molecule has 2 bridgehead atoms. The standard InChI is InChI=1S/C28H48/c1-7-28-14-9-11-23-17-22(23)10-8-13-27(6,19(2)3)26-18-24(25(28)12-15-28)20(4)16-21(26)5/h7,19-26H,1,8-18H2,2-6H3. The van der Waals surface area contributed by atoms with Gasteiger partial charge in [-0.25, -0.2) is 0 Å². The van der Waals surface area contributed by atoms with Gasteiger partial charge in [0, 0.05) is 0 Å². The molecule has 0 radical (unpaired) electrons. The highest BCUT2D eigenvalue weighted by atomic mass is 14.6. The van der Waals surface area contributed by atoms with Crippen molar-refractivity contribution in [2.24, 2.45) is 58.2 Å². The molecule has 9 unspecified atom stereocenters. The Kier molecular flexibility index (Phi) is 5.83. The van der Waals surface area contributed by atoms with Gasteiger partial charge in [0.1, 0.15) is 0 Å². The predicted molar refractivity (Wildman–Crippen MR) is 122 cm³/mol. The Hall–Kier alpha value is -0.260. The Bertz CT molecular complexity index is 560. The molecule has 0 N–H and O–H groups in total. The van der Waals surface area contributed by atoms with Gasteiger partial charge in [0.05, 0.1) is 0 Å². The zero-order valence-corrected chi connectivity index (χ0v) is 19.7. The van der Waals surface area contributed by atoms with Crippen molar-refractivity contribution in [1.82, 2.24) is 0 Å². The molecule has 0 saturated heterocycles. The molecule has 4 rings (SSSR count). The summed E-state index contributed by atoms with van der Waals surface area (Å²) in [6, 6.07) is 0. The van der Waals surface area contributed by atoms with Gasteiger partial charge in [-0.3, -0.25) is 0 Å². The van der Waals surface area contributed by atoms with Crippen molar-refractivity contribution in [3.8, 4) is 0 Å². The van der Waals surface area contributed by atoms with Crippen molar-refractivity contribution in [2.75, 3.05) is 0 Å². The molecule has 0 heterocycles. The van der Waals surface area contributed by atoms with Crippen LogP contribution >= 0.6 is 0 Å². The highest BCUT2D eigenvalue weighted by Gasteiger charge is 2.53. The second-order valence-electron chi connectivity index (χ2n) is 12.5. The summed E-state index contributed by atoms with van der Waals surface area (Å²) in [4.78, 5) is 0. The maximum absolute atomic E-state index is 4.39. The number of hydrogen-bond acceptors (Lipinski definition) is 0. The molecule has 0 aromatic heterocycles. The van der Waals surface area contributed by atoms with E-state index in [1.807, 2.05) is 0 Å². The topological polar surface area (TPSA) is 0 Å². The van der Waals surface area contributed by atoms with E-state index < -0.39 is 0 Å². The maximum atomic E-state index is 4.39. The van der Waals surface area contributed by atoms with Crippen LogP contribution in [0.1, 0.15) is 105 Å². The Labute approximate surface area is 176 Å². The minimum absolute atomic E-state index is 0.493. The fourth-order valence-electron chi connectivity index (χ4n) is 8.51.